The normalized spacial score (nSPS) is 12.5. The molecule has 2 rings (SSSR count). The van der Waals surface area contributed by atoms with Gasteiger partial charge in [0.05, 0.1) is 0 Å². The van der Waals surface area contributed by atoms with Crippen LogP contribution in [0, 0.1) is 13.8 Å². The van der Waals surface area contributed by atoms with Crippen molar-refractivity contribution in [3.05, 3.63) is 59.2 Å². The molecular formula is C16H19N. The van der Waals surface area contributed by atoms with Crippen molar-refractivity contribution >= 4 is 0 Å². The van der Waals surface area contributed by atoms with Crippen molar-refractivity contribution in [1.29, 1.82) is 0 Å². The summed E-state index contributed by atoms with van der Waals surface area (Å²) in [5.41, 5.74) is 12.3. The van der Waals surface area contributed by atoms with Crippen LogP contribution in [0.15, 0.2) is 42.5 Å². The van der Waals surface area contributed by atoms with Gasteiger partial charge in [-0.05, 0) is 49.1 Å². The second-order valence-electron chi connectivity index (χ2n) is 4.73. The van der Waals surface area contributed by atoms with Crippen LogP contribution in [0.2, 0.25) is 0 Å². The van der Waals surface area contributed by atoms with Crippen molar-refractivity contribution in [1.82, 2.24) is 0 Å². The number of aryl methyl sites for hydroxylation is 2. The Kier molecular flexibility index (Phi) is 3.30. The van der Waals surface area contributed by atoms with Gasteiger partial charge < -0.3 is 5.73 Å². The largest absolute Gasteiger partial charge is 0.324 e. The first-order valence-corrected chi connectivity index (χ1v) is 6.01. The zero-order valence-corrected chi connectivity index (χ0v) is 10.7. The molecule has 0 saturated heterocycles. The van der Waals surface area contributed by atoms with Crippen molar-refractivity contribution < 1.29 is 0 Å². The Morgan fingerprint density at radius 1 is 0.941 bits per heavy atom. The maximum Gasteiger partial charge on any atom is 0.0268 e. The van der Waals surface area contributed by atoms with Gasteiger partial charge in [-0.1, -0.05) is 42.0 Å². The van der Waals surface area contributed by atoms with Crippen molar-refractivity contribution in [2.45, 2.75) is 26.8 Å². The third-order valence-corrected chi connectivity index (χ3v) is 3.12. The molecule has 88 valence electrons. The molecule has 1 nitrogen and oxygen atoms in total. The molecule has 0 heterocycles. The van der Waals surface area contributed by atoms with E-state index >= 15 is 0 Å². The maximum absolute atomic E-state index is 5.99. The second-order valence-corrected chi connectivity index (χ2v) is 4.73. The van der Waals surface area contributed by atoms with Gasteiger partial charge in [-0.3, -0.25) is 0 Å². The summed E-state index contributed by atoms with van der Waals surface area (Å²) in [5, 5.41) is 0. The highest BCUT2D eigenvalue weighted by Gasteiger charge is 2.06. The lowest BCUT2D eigenvalue weighted by molar-refractivity contribution is 0.810. The van der Waals surface area contributed by atoms with E-state index in [0.29, 0.717) is 0 Å². The summed E-state index contributed by atoms with van der Waals surface area (Å²) in [6.07, 6.45) is 0. The van der Waals surface area contributed by atoms with E-state index in [4.69, 9.17) is 5.73 Å². The lowest BCUT2D eigenvalue weighted by Gasteiger charge is -2.12. The monoisotopic (exact) mass is 225 g/mol. The fraction of sp³-hybridized carbons (Fsp3) is 0.250. The fourth-order valence-corrected chi connectivity index (χ4v) is 2.14. The average molecular weight is 225 g/mol. The Morgan fingerprint density at radius 2 is 1.65 bits per heavy atom. The number of hydrogen-bond acceptors (Lipinski definition) is 1. The molecule has 17 heavy (non-hydrogen) atoms. The van der Waals surface area contributed by atoms with Gasteiger partial charge in [0.25, 0.3) is 0 Å². The van der Waals surface area contributed by atoms with Gasteiger partial charge in [-0.25, -0.2) is 0 Å². The molecule has 2 aromatic rings. The fourth-order valence-electron chi connectivity index (χ4n) is 2.14. The van der Waals surface area contributed by atoms with Crippen LogP contribution in [0.3, 0.4) is 0 Å². The molecule has 0 aliphatic rings. The predicted molar refractivity (Wildman–Crippen MR) is 74.0 cm³/mol. The molecule has 0 amide bonds. The third kappa shape index (κ3) is 2.56. The lowest BCUT2D eigenvalue weighted by Crippen LogP contribution is -2.06. The molecule has 0 fully saturated rings. The van der Waals surface area contributed by atoms with Crippen LogP contribution in [-0.4, -0.2) is 0 Å². The minimum Gasteiger partial charge on any atom is -0.324 e. The Hall–Kier alpha value is -1.60. The minimum absolute atomic E-state index is 0.0831. The quantitative estimate of drug-likeness (QED) is 0.821. The third-order valence-electron chi connectivity index (χ3n) is 3.12. The lowest BCUT2D eigenvalue weighted by atomic mass is 9.96. The van der Waals surface area contributed by atoms with Gasteiger partial charge >= 0.3 is 0 Å². The van der Waals surface area contributed by atoms with E-state index < -0.39 is 0 Å². The Morgan fingerprint density at radius 3 is 2.29 bits per heavy atom. The SMILES string of the molecule is Cc1cccc(-c2ccc(C)c(C(C)N)c2)c1. The summed E-state index contributed by atoms with van der Waals surface area (Å²) in [5.74, 6) is 0. The van der Waals surface area contributed by atoms with Gasteiger partial charge in [0, 0.05) is 6.04 Å². The smallest absolute Gasteiger partial charge is 0.0268 e. The highest BCUT2D eigenvalue weighted by Crippen LogP contribution is 2.25. The first-order valence-electron chi connectivity index (χ1n) is 6.01. The molecule has 2 N–H and O–H groups in total. The Balaban J connectivity index is 2.50. The van der Waals surface area contributed by atoms with E-state index in [-0.39, 0.29) is 6.04 Å². The van der Waals surface area contributed by atoms with E-state index in [1.807, 2.05) is 6.92 Å². The molecule has 0 aliphatic carbocycles. The zero-order chi connectivity index (χ0) is 12.4. The molecule has 1 atom stereocenters. The first-order chi connectivity index (χ1) is 8.08. The topological polar surface area (TPSA) is 26.0 Å². The molecule has 1 heteroatoms. The summed E-state index contributed by atoms with van der Waals surface area (Å²) in [7, 11) is 0. The van der Waals surface area contributed by atoms with Crippen LogP contribution >= 0.6 is 0 Å². The molecule has 0 bridgehead atoms. The summed E-state index contributed by atoms with van der Waals surface area (Å²) >= 11 is 0. The number of nitrogens with two attached hydrogens (primary N) is 1. The van der Waals surface area contributed by atoms with E-state index in [2.05, 4.69) is 56.3 Å². The van der Waals surface area contributed by atoms with Crippen molar-refractivity contribution in [3.8, 4) is 11.1 Å². The van der Waals surface area contributed by atoms with Gasteiger partial charge in [0.2, 0.25) is 0 Å². The molecule has 0 radical (unpaired) electrons. The first kappa shape index (κ1) is 11.9. The van der Waals surface area contributed by atoms with Crippen LogP contribution < -0.4 is 5.73 Å². The summed E-state index contributed by atoms with van der Waals surface area (Å²) in [6, 6.07) is 15.2. The summed E-state index contributed by atoms with van der Waals surface area (Å²) < 4.78 is 0. The molecule has 0 aromatic heterocycles. The van der Waals surface area contributed by atoms with Crippen molar-refractivity contribution in [2.24, 2.45) is 5.73 Å². The number of hydrogen-bond donors (Lipinski definition) is 1. The van der Waals surface area contributed by atoms with Crippen LogP contribution in [0.1, 0.15) is 29.7 Å². The van der Waals surface area contributed by atoms with Gasteiger partial charge in [-0.2, -0.15) is 0 Å². The molecule has 2 aromatic carbocycles. The Labute approximate surface area is 103 Å². The highest BCUT2D eigenvalue weighted by molar-refractivity contribution is 5.65. The average Bonchev–Trinajstić information content (AvgIpc) is 2.29. The number of benzene rings is 2. The predicted octanol–water partition coefficient (Wildman–Crippen LogP) is 3.99. The molecule has 0 spiro atoms. The van der Waals surface area contributed by atoms with E-state index in [0.717, 1.165) is 0 Å². The maximum atomic E-state index is 5.99. The van der Waals surface area contributed by atoms with Gasteiger partial charge in [-0.15, -0.1) is 0 Å². The van der Waals surface area contributed by atoms with Crippen LogP contribution in [-0.2, 0) is 0 Å². The Bertz CT molecular complexity index is 527. The van der Waals surface area contributed by atoms with E-state index in [1.54, 1.807) is 0 Å². The van der Waals surface area contributed by atoms with Crippen LogP contribution in [0.25, 0.3) is 11.1 Å². The van der Waals surface area contributed by atoms with Crippen LogP contribution in [0.5, 0.6) is 0 Å². The molecule has 0 aliphatic heterocycles. The minimum atomic E-state index is 0.0831. The van der Waals surface area contributed by atoms with Crippen molar-refractivity contribution in [3.63, 3.8) is 0 Å². The summed E-state index contributed by atoms with van der Waals surface area (Å²) in [6.45, 7) is 6.26. The van der Waals surface area contributed by atoms with E-state index in [9.17, 15) is 0 Å². The van der Waals surface area contributed by atoms with Crippen molar-refractivity contribution in [2.75, 3.05) is 0 Å². The van der Waals surface area contributed by atoms with Gasteiger partial charge in [0.1, 0.15) is 0 Å². The highest BCUT2D eigenvalue weighted by atomic mass is 14.6. The summed E-state index contributed by atoms with van der Waals surface area (Å²) in [4.78, 5) is 0. The molecule has 1 unspecified atom stereocenters. The van der Waals surface area contributed by atoms with E-state index in [1.165, 1.54) is 27.8 Å². The number of rotatable bonds is 2. The molecule has 0 saturated carbocycles. The van der Waals surface area contributed by atoms with Crippen LogP contribution in [0.4, 0.5) is 0 Å². The molecular weight excluding hydrogens is 206 g/mol. The second kappa shape index (κ2) is 4.72. The zero-order valence-electron chi connectivity index (χ0n) is 10.7. The standard InChI is InChI=1S/C16H19N/c1-11-5-4-6-14(9-11)15-8-7-12(2)16(10-15)13(3)17/h4-10,13H,17H2,1-3H3. The van der Waals surface area contributed by atoms with Gasteiger partial charge in [0.15, 0.2) is 0 Å².